The quantitative estimate of drug-likeness (QED) is 0.640. The number of piperazine rings is 1. The van der Waals surface area contributed by atoms with E-state index in [1.165, 1.54) is 30.6 Å². The first-order valence-corrected chi connectivity index (χ1v) is 10.1. The van der Waals surface area contributed by atoms with Crippen molar-refractivity contribution in [1.29, 1.82) is 0 Å². The summed E-state index contributed by atoms with van der Waals surface area (Å²) in [6.45, 7) is 9.12. The van der Waals surface area contributed by atoms with Gasteiger partial charge in [0, 0.05) is 36.8 Å². The second-order valence-electron chi connectivity index (χ2n) is 8.44. The van der Waals surface area contributed by atoms with E-state index in [1.807, 2.05) is 32.6 Å². The number of carbonyl (C=O) groups is 2. The van der Waals surface area contributed by atoms with Gasteiger partial charge in [-0.25, -0.2) is 19.2 Å². The van der Waals surface area contributed by atoms with Crippen molar-refractivity contribution in [2.45, 2.75) is 53.4 Å². The van der Waals surface area contributed by atoms with E-state index in [-0.39, 0.29) is 31.7 Å². The van der Waals surface area contributed by atoms with Gasteiger partial charge < -0.3 is 19.3 Å². The van der Waals surface area contributed by atoms with Gasteiger partial charge in [-0.15, -0.1) is 0 Å². The highest BCUT2D eigenvalue weighted by atomic mass is 19.1. The number of nitrogens with zero attached hydrogens (tertiary/aromatic N) is 4. The Kier molecular flexibility index (Phi) is 8.13. The summed E-state index contributed by atoms with van der Waals surface area (Å²) in [7, 11) is 0. The van der Waals surface area contributed by atoms with Gasteiger partial charge in [0.1, 0.15) is 24.3 Å². The summed E-state index contributed by atoms with van der Waals surface area (Å²) in [5.41, 5.74) is 0.0759. The van der Waals surface area contributed by atoms with E-state index in [2.05, 4.69) is 9.97 Å². The fraction of sp³-hybridized carbons (Fsp3) is 0.478. The van der Waals surface area contributed by atoms with Crippen LogP contribution in [-0.2, 0) is 11.3 Å². The van der Waals surface area contributed by atoms with Crippen LogP contribution >= 0.6 is 0 Å². The van der Waals surface area contributed by atoms with Crippen molar-refractivity contribution in [2.24, 2.45) is 0 Å². The fourth-order valence-electron chi connectivity index (χ4n) is 3.19. The molecule has 0 unspecified atom stereocenters. The second kappa shape index (κ2) is 10.4. The van der Waals surface area contributed by atoms with Gasteiger partial charge in [-0.1, -0.05) is 19.6 Å². The number of anilines is 1. The van der Waals surface area contributed by atoms with Gasteiger partial charge >= 0.3 is 6.09 Å². The number of ether oxygens (including phenoxy) is 2. The summed E-state index contributed by atoms with van der Waals surface area (Å²) in [5, 5.41) is 0. The summed E-state index contributed by atoms with van der Waals surface area (Å²) in [5.74, 6) is 0.437. The molecule has 0 aliphatic carbocycles. The normalized spacial score (nSPS) is 16.2. The van der Waals surface area contributed by atoms with Crippen LogP contribution in [0.4, 0.5) is 15.1 Å². The lowest BCUT2D eigenvalue weighted by atomic mass is 10.1. The number of rotatable bonds is 5. The average Bonchev–Trinajstić information content (AvgIpc) is 2.72. The molecule has 1 amide bonds. The number of benzene rings is 1. The average molecular weight is 447 g/mol. The Bertz CT molecular complexity index is 931. The number of aldehydes is 1. The molecule has 1 aliphatic rings. The van der Waals surface area contributed by atoms with Crippen molar-refractivity contribution in [1.82, 2.24) is 14.9 Å². The SMILES string of the molecule is C.C[C@@H]1CN(C(=O)OC(C)(C)C)CCN1c1ncc(OCc2ccc(C=O)cc2F)cn1. The minimum atomic E-state index is -0.532. The zero-order valence-electron chi connectivity index (χ0n) is 18.2. The van der Waals surface area contributed by atoms with Gasteiger partial charge in [-0.2, -0.15) is 0 Å². The highest BCUT2D eigenvalue weighted by molar-refractivity contribution is 5.74. The molecule has 2 heterocycles. The molecule has 1 aliphatic heterocycles. The van der Waals surface area contributed by atoms with Crippen molar-refractivity contribution >= 4 is 18.3 Å². The van der Waals surface area contributed by atoms with Gasteiger partial charge in [-0.3, -0.25) is 4.79 Å². The van der Waals surface area contributed by atoms with E-state index in [9.17, 15) is 14.0 Å². The second-order valence-corrected chi connectivity index (χ2v) is 8.44. The summed E-state index contributed by atoms with van der Waals surface area (Å²) in [6.07, 6.45) is 3.34. The van der Waals surface area contributed by atoms with E-state index in [4.69, 9.17) is 9.47 Å². The Balaban J connectivity index is 0.00000363. The third-order valence-electron chi connectivity index (χ3n) is 4.76. The molecule has 3 rings (SSSR count). The lowest BCUT2D eigenvalue weighted by molar-refractivity contribution is 0.0218. The van der Waals surface area contributed by atoms with Crippen molar-refractivity contribution in [2.75, 3.05) is 24.5 Å². The predicted octanol–water partition coefficient (Wildman–Crippen LogP) is 4.09. The number of aromatic nitrogens is 2. The van der Waals surface area contributed by atoms with Crippen molar-refractivity contribution in [3.8, 4) is 5.75 Å². The molecule has 2 aromatic rings. The van der Waals surface area contributed by atoms with E-state index in [1.54, 1.807) is 4.90 Å². The van der Waals surface area contributed by atoms with E-state index in [0.717, 1.165) is 0 Å². The highest BCUT2D eigenvalue weighted by Gasteiger charge is 2.30. The molecular weight excluding hydrogens is 415 g/mol. The number of hydrogen-bond acceptors (Lipinski definition) is 7. The van der Waals surface area contributed by atoms with Crippen LogP contribution in [-0.4, -0.2) is 58.5 Å². The van der Waals surface area contributed by atoms with Crippen LogP contribution in [0, 0.1) is 5.82 Å². The van der Waals surface area contributed by atoms with E-state index >= 15 is 0 Å². The summed E-state index contributed by atoms with van der Waals surface area (Å²) in [6, 6.07) is 4.23. The molecule has 0 radical (unpaired) electrons. The Labute approximate surface area is 188 Å². The maximum Gasteiger partial charge on any atom is 0.410 e. The Morgan fingerprint density at radius 1 is 1.25 bits per heavy atom. The molecule has 8 nitrogen and oxygen atoms in total. The molecule has 1 atom stereocenters. The molecule has 0 saturated carbocycles. The smallest absolute Gasteiger partial charge is 0.410 e. The number of amides is 1. The standard InChI is InChI=1S/C22H27FN4O4.CH4/c1-15-12-26(21(29)31-22(2,3)4)7-8-27(15)20-24-10-18(11-25-20)30-14-17-6-5-16(13-28)9-19(17)23;/h5-6,9-11,13,15H,7-8,12,14H2,1-4H3;1H4/t15-;/m1./s1. The van der Waals surface area contributed by atoms with Crippen LogP contribution in [0.25, 0.3) is 0 Å². The maximum atomic E-state index is 14.0. The first-order chi connectivity index (χ1) is 14.7. The first kappa shape index (κ1) is 25.0. The lowest BCUT2D eigenvalue weighted by Crippen LogP contribution is -2.55. The first-order valence-electron chi connectivity index (χ1n) is 10.1. The molecule has 9 heteroatoms. The van der Waals surface area contributed by atoms with Gasteiger partial charge in [0.2, 0.25) is 5.95 Å². The van der Waals surface area contributed by atoms with Crippen LogP contribution in [0.1, 0.15) is 51.0 Å². The predicted molar refractivity (Wildman–Crippen MR) is 119 cm³/mol. The molecule has 1 aromatic carbocycles. The number of carbonyl (C=O) groups excluding carboxylic acids is 2. The summed E-state index contributed by atoms with van der Waals surface area (Å²) in [4.78, 5) is 35.4. The molecule has 0 spiro atoms. The summed E-state index contributed by atoms with van der Waals surface area (Å²) >= 11 is 0. The third kappa shape index (κ3) is 6.38. The Morgan fingerprint density at radius 3 is 2.50 bits per heavy atom. The molecule has 174 valence electrons. The molecular formula is C23H31FN4O4. The van der Waals surface area contributed by atoms with Crippen LogP contribution in [0.2, 0.25) is 0 Å². The molecule has 1 fully saturated rings. The molecule has 1 aromatic heterocycles. The van der Waals surface area contributed by atoms with Gasteiger partial charge in [-0.05, 0) is 33.8 Å². The Morgan fingerprint density at radius 2 is 1.94 bits per heavy atom. The number of halogens is 1. The minimum absolute atomic E-state index is 0. The third-order valence-corrected chi connectivity index (χ3v) is 4.76. The van der Waals surface area contributed by atoms with E-state index < -0.39 is 11.4 Å². The zero-order valence-corrected chi connectivity index (χ0v) is 18.2. The molecule has 0 bridgehead atoms. The van der Waals surface area contributed by atoms with Crippen LogP contribution < -0.4 is 9.64 Å². The van der Waals surface area contributed by atoms with Gasteiger partial charge in [0.05, 0.1) is 12.4 Å². The molecule has 1 saturated heterocycles. The van der Waals surface area contributed by atoms with Gasteiger partial charge in [0.25, 0.3) is 0 Å². The van der Waals surface area contributed by atoms with Crippen molar-refractivity contribution in [3.63, 3.8) is 0 Å². The van der Waals surface area contributed by atoms with Crippen molar-refractivity contribution < 1.29 is 23.5 Å². The maximum absolute atomic E-state index is 14.0. The fourth-order valence-corrected chi connectivity index (χ4v) is 3.19. The zero-order chi connectivity index (χ0) is 22.6. The van der Waals surface area contributed by atoms with Gasteiger partial charge in [0.15, 0.2) is 5.75 Å². The monoisotopic (exact) mass is 446 g/mol. The number of hydrogen-bond donors (Lipinski definition) is 0. The Hall–Kier alpha value is -3.23. The molecule has 32 heavy (non-hydrogen) atoms. The van der Waals surface area contributed by atoms with Crippen LogP contribution in [0.5, 0.6) is 5.75 Å². The largest absolute Gasteiger partial charge is 0.486 e. The van der Waals surface area contributed by atoms with E-state index in [0.29, 0.717) is 43.2 Å². The highest BCUT2D eigenvalue weighted by Crippen LogP contribution is 2.20. The van der Waals surface area contributed by atoms with Crippen molar-refractivity contribution in [3.05, 3.63) is 47.5 Å². The topological polar surface area (TPSA) is 84.9 Å². The van der Waals surface area contributed by atoms with Crippen LogP contribution in [0.15, 0.2) is 30.6 Å². The molecule has 0 N–H and O–H groups in total. The lowest BCUT2D eigenvalue weighted by Gasteiger charge is -2.40. The van der Waals surface area contributed by atoms with Crippen LogP contribution in [0.3, 0.4) is 0 Å². The minimum Gasteiger partial charge on any atom is -0.486 e. The summed E-state index contributed by atoms with van der Waals surface area (Å²) < 4.78 is 25.0.